The van der Waals surface area contributed by atoms with E-state index in [0.717, 1.165) is 28.4 Å². The SMILES string of the molecule is CCc1cnc(CNc2nccc(C)c2C(N)=S)s1. The van der Waals surface area contributed by atoms with Crippen molar-refractivity contribution >= 4 is 34.4 Å². The first-order valence-corrected chi connectivity index (χ1v) is 7.27. The van der Waals surface area contributed by atoms with Crippen molar-refractivity contribution in [2.45, 2.75) is 26.8 Å². The number of thiazole rings is 1. The molecule has 0 amide bonds. The molecule has 100 valence electrons. The van der Waals surface area contributed by atoms with Crippen LogP contribution in [0.5, 0.6) is 0 Å². The largest absolute Gasteiger partial charge is 0.389 e. The molecule has 2 aromatic rings. The Labute approximate surface area is 122 Å². The Bertz CT molecular complexity index is 592. The first-order valence-electron chi connectivity index (χ1n) is 6.04. The normalized spacial score (nSPS) is 10.4. The Morgan fingerprint density at radius 3 is 2.89 bits per heavy atom. The highest BCUT2D eigenvalue weighted by Gasteiger charge is 2.10. The molecular formula is C13H16N4S2. The van der Waals surface area contributed by atoms with Gasteiger partial charge in [0.1, 0.15) is 15.8 Å². The third-order valence-electron chi connectivity index (χ3n) is 2.76. The molecule has 0 aliphatic heterocycles. The van der Waals surface area contributed by atoms with Crippen LogP contribution >= 0.6 is 23.6 Å². The van der Waals surface area contributed by atoms with Crippen molar-refractivity contribution in [2.24, 2.45) is 5.73 Å². The van der Waals surface area contributed by atoms with Gasteiger partial charge in [0.05, 0.1) is 12.1 Å². The molecule has 0 saturated carbocycles. The molecule has 0 saturated heterocycles. The molecule has 0 fully saturated rings. The second-order valence-electron chi connectivity index (χ2n) is 4.14. The Morgan fingerprint density at radius 1 is 1.47 bits per heavy atom. The van der Waals surface area contributed by atoms with Crippen LogP contribution in [0, 0.1) is 6.92 Å². The van der Waals surface area contributed by atoms with Crippen LogP contribution in [0.1, 0.15) is 27.9 Å². The van der Waals surface area contributed by atoms with Gasteiger partial charge in [-0.2, -0.15) is 0 Å². The zero-order valence-electron chi connectivity index (χ0n) is 10.9. The minimum absolute atomic E-state index is 0.362. The van der Waals surface area contributed by atoms with E-state index in [9.17, 15) is 0 Å². The number of nitrogens with one attached hydrogen (secondary N) is 1. The number of hydrogen-bond donors (Lipinski definition) is 2. The highest BCUT2D eigenvalue weighted by molar-refractivity contribution is 7.80. The number of nitrogens with two attached hydrogens (primary N) is 1. The quantitative estimate of drug-likeness (QED) is 0.830. The van der Waals surface area contributed by atoms with Gasteiger partial charge in [0.25, 0.3) is 0 Å². The maximum absolute atomic E-state index is 5.75. The number of anilines is 1. The van der Waals surface area contributed by atoms with Crippen LogP contribution in [0.25, 0.3) is 0 Å². The number of aromatic nitrogens is 2. The molecule has 6 heteroatoms. The zero-order valence-corrected chi connectivity index (χ0v) is 12.6. The van der Waals surface area contributed by atoms with E-state index in [4.69, 9.17) is 18.0 Å². The van der Waals surface area contributed by atoms with Crippen LogP contribution in [0.15, 0.2) is 18.5 Å². The fourth-order valence-corrected chi connectivity index (χ4v) is 2.82. The monoisotopic (exact) mass is 292 g/mol. The van der Waals surface area contributed by atoms with Gasteiger partial charge in [0.2, 0.25) is 0 Å². The van der Waals surface area contributed by atoms with Crippen molar-refractivity contribution in [1.29, 1.82) is 0 Å². The fraction of sp³-hybridized carbons (Fsp3) is 0.308. The van der Waals surface area contributed by atoms with Gasteiger partial charge >= 0.3 is 0 Å². The van der Waals surface area contributed by atoms with Crippen LogP contribution in [-0.2, 0) is 13.0 Å². The lowest BCUT2D eigenvalue weighted by molar-refractivity contribution is 1.07. The standard InChI is InChI=1S/C13H16N4S2/c1-3-9-6-16-10(19-9)7-17-13-11(12(14)18)8(2)4-5-15-13/h4-6H,3,7H2,1-2H3,(H2,14,18)(H,15,17). The summed E-state index contributed by atoms with van der Waals surface area (Å²) in [7, 11) is 0. The van der Waals surface area contributed by atoms with Crippen LogP contribution < -0.4 is 11.1 Å². The Hall–Kier alpha value is -1.53. The van der Waals surface area contributed by atoms with E-state index < -0.39 is 0 Å². The Balaban J connectivity index is 2.15. The smallest absolute Gasteiger partial charge is 0.136 e. The highest BCUT2D eigenvalue weighted by atomic mass is 32.1. The van der Waals surface area contributed by atoms with Crippen LogP contribution in [0.4, 0.5) is 5.82 Å². The van der Waals surface area contributed by atoms with Gasteiger partial charge in [-0.15, -0.1) is 11.3 Å². The molecule has 3 N–H and O–H groups in total. The molecule has 0 bridgehead atoms. The molecule has 0 radical (unpaired) electrons. The van der Waals surface area contributed by atoms with Gasteiger partial charge in [-0.1, -0.05) is 19.1 Å². The summed E-state index contributed by atoms with van der Waals surface area (Å²) >= 11 is 6.78. The highest BCUT2D eigenvalue weighted by Crippen LogP contribution is 2.19. The van der Waals surface area contributed by atoms with Gasteiger partial charge in [-0.05, 0) is 25.0 Å². The number of aryl methyl sites for hydroxylation is 2. The molecule has 0 aromatic carbocycles. The number of hydrogen-bond acceptors (Lipinski definition) is 5. The second kappa shape index (κ2) is 6.08. The molecule has 4 nitrogen and oxygen atoms in total. The minimum Gasteiger partial charge on any atom is -0.389 e. The molecular weight excluding hydrogens is 276 g/mol. The lowest BCUT2D eigenvalue weighted by Gasteiger charge is -2.11. The maximum Gasteiger partial charge on any atom is 0.136 e. The van der Waals surface area contributed by atoms with Crippen molar-refractivity contribution < 1.29 is 0 Å². The van der Waals surface area contributed by atoms with Gasteiger partial charge < -0.3 is 11.1 Å². The third kappa shape index (κ3) is 3.27. The maximum atomic E-state index is 5.75. The molecule has 0 aliphatic rings. The van der Waals surface area contributed by atoms with E-state index in [1.54, 1.807) is 17.5 Å². The van der Waals surface area contributed by atoms with Crippen molar-refractivity contribution in [1.82, 2.24) is 9.97 Å². The molecule has 2 heterocycles. The zero-order chi connectivity index (χ0) is 13.8. The molecule has 0 atom stereocenters. The summed E-state index contributed by atoms with van der Waals surface area (Å²) in [5.74, 6) is 0.723. The first-order chi connectivity index (χ1) is 9.11. The number of rotatable bonds is 5. The molecule has 0 unspecified atom stereocenters. The van der Waals surface area contributed by atoms with E-state index in [1.165, 1.54) is 4.88 Å². The molecule has 0 spiro atoms. The van der Waals surface area contributed by atoms with Crippen LogP contribution in [0.2, 0.25) is 0 Å². The van der Waals surface area contributed by atoms with E-state index in [1.807, 2.05) is 19.2 Å². The predicted molar refractivity (Wildman–Crippen MR) is 83.7 cm³/mol. The van der Waals surface area contributed by atoms with Crippen molar-refractivity contribution in [3.8, 4) is 0 Å². The summed E-state index contributed by atoms with van der Waals surface area (Å²) < 4.78 is 0. The van der Waals surface area contributed by atoms with E-state index >= 15 is 0 Å². The summed E-state index contributed by atoms with van der Waals surface area (Å²) in [5.41, 5.74) is 7.58. The molecule has 2 aromatic heterocycles. The van der Waals surface area contributed by atoms with Crippen molar-refractivity contribution in [2.75, 3.05) is 5.32 Å². The summed E-state index contributed by atoms with van der Waals surface area (Å²) in [6.45, 7) is 4.73. The lowest BCUT2D eigenvalue weighted by Crippen LogP contribution is -2.16. The van der Waals surface area contributed by atoms with Gasteiger partial charge in [0.15, 0.2) is 0 Å². The summed E-state index contributed by atoms with van der Waals surface area (Å²) in [6, 6.07) is 1.90. The van der Waals surface area contributed by atoms with Crippen molar-refractivity contribution in [3.63, 3.8) is 0 Å². The molecule has 0 aliphatic carbocycles. The number of nitrogens with zero attached hydrogens (tertiary/aromatic N) is 2. The summed E-state index contributed by atoms with van der Waals surface area (Å²) in [6.07, 6.45) is 4.68. The fourth-order valence-electron chi connectivity index (χ4n) is 1.76. The molecule has 2 rings (SSSR count). The van der Waals surface area contributed by atoms with Gasteiger partial charge in [0, 0.05) is 17.3 Å². The first kappa shape index (κ1) is 13.9. The van der Waals surface area contributed by atoms with Crippen molar-refractivity contribution in [3.05, 3.63) is 39.5 Å². The van der Waals surface area contributed by atoms with E-state index in [2.05, 4.69) is 22.2 Å². The van der Waals surface area contributed by atoms with Gasteiger partial charge in [-0.25, -0.2) is 9.97 Å². The topological polar surface area (TPSA) is 63.8 Å². The number of thiocarbonyl (C=S) groups is 1. The van der Waals surface area contributed by atoms with Gasteiger partial charge in [-0.3, -0.25) is 0 Å². The average molecular weight is 292 g/mol. The van der Waals surface area contributed by atoms with E-state index in [-0.39, 0.29) is 0 Å². The summed E-state index contributed by atoms with van der Waals surface area (Å²) in [5, 5.41) is 4.29. The lowest BCUT2D eigenvalue weighted by atomic mass is 10.1. The summed E-state index contributed by atoms with van der Waals surface area (Å²) in [4.78, 5) is 10.3. The molecule has 19 heavy (non-hydrogen) atoms. The average Bonchev–Trinajstić information content (AvgIpc) is 2.83. The van der Waals surface area contributed by atoms with Crippen LogP contribution in [0.3, 0.4) is 0 Å². The van der Waals surface area contributed by atoms with E-state index in [0.29, 0.717) is 11.5 Å². The Morgan fingerprint density at radius 2 is 2.26 bits per heavy atom. The predicted octanol–water partition coefficient (Wildman–Crippen LogP) is 2.66. The number of pyridine rings is 1. The third-order valence-corrected chi connectivity index (χ3v) is 4.11. The Kier molecular flexibility index (Phi) is 4.44. The minimum atomic E-state index is 0.362. The van der Waals surface area contributed by atoms with Crippen LogP contribution in [-0.4, -0.2) is 15.0 Å². The second-order valence-corrected chi connectivity index (χ2v) is 5.78.